The highest BCUT2D eigenvalue weighted by atomic mass is 79.9. The lowest BCUT2D eigenvalue weighted by atomic mass is 10.1. The van der Waals surface area contributed by atoms with Crippen LogP contribution in [0.1, 0.15) is 0 Å². The average molecular weight is 328 g/mol. The van der Waals surface area contributed by atoms with Crippen LogP contribution >= 0.6 is 15.9 Å². The summed E-state index contributed by atoms with van der Waals surface area (Å²) in [6, 6.07) is 14.3. The third kappa shape index (κ3) is 2.51. The van der Waals surface area contributed by atoms with Gasteiger partial charge >= 0.3 is 0 Å². The molecule has 0 unspecified atom stereocenters. The molecular formula is C16H14BrN3. The highest BCUT2D eigenvalue weighted by molar-refractivity contribution is 9.10. The van der Waals surface area contributed by atoms with Gasteiger partial charge in [-0.25, -0.2) is 9.97 Å². The molecule has 0 N–H and O–H groups in total. The van der Waals surface area contributed by atoms with Gasteiger partial charge in [0.25, 0.3) is 0 Å². The summed E-state index contributed by atoms with van der Waals surface area (Å²) in [7, 11) is 4.05. The summed E-state index contributed by atoms with van der Waals surface area (Å²) in [5, 5.41) is 1.04. The zero-order chi connectivity index (χ0) is 14.1. The highest BCUT2D eigenvalue weighted by Gasteiger charge is 2.04. The minimum atomic E-state index is 0.755. The van der Waals surface area contributed by atoms with Gasteiger partial charge in [-0.2, -0.15) is 0 Å². The van der Waals surface area contributed by atoms with Gasteiger partial charge in [0.1, 0.15) is 0 Å². The van der Waals surface area contributed by atoms with Crippen molar-refractivity contribution in [3.63, 3.8) is 0 Å². The van der Waals surface area contributed by atoms with E-state index in [1.165, 1.54) is 5.69 Å². The molecule has 0 radical (unpaired) electrons. The molecule has 20 heavy (non-hydrogen) atoms. The number of benzene rings is 2. The van der Waals surface area contributed by atoms with Crippen LogP contribution in [-0.2, 0) is 0 Å². The van der Waals surface area contributed by atoms with E-state index in [4.69, 9.17) is 0 Å². The molecule has 0 bridgehead atoms. The number of hydrogen-bond acceptors (Lipinski definition) is 3. The van der Waals surface area contributed by atoms with Gasteiger partial charge in [0.15, 0.2) is 5.82 Å². The Hall–Kier alpha value is -1.94. The number of fused-ring (bicyclic) bond motifs is 1. The second kappa shape index (κ2) is 5.21. The quantitative estimate of drug-likeness (QED) is 0.708. The van der Waals surface area contributed by atoms with Crippen LogP contribution in [0.25, 0.3) is 22.3 Å². The first kappa shape index (κ1) is 13.1. The smallest absolute Gasteiger partial charge is 0.159 e. The molecule has 4 heteroatoms. The molecule has 0 saturated heterocycles. The fraction of sp³-hybridized carbons (Fsp3) is 0.125. The van der Waals surface area contributed by atoms with Gasteiger partial charge in [-0.1, -0.05) is 15.9 Å². The maximum Gasteiger partial charge on any atom is 0.159 e. The van der Waals surface area contributed by atoms with Crippen LogP contribution in [0.4, 0.5) is 5.69 Å². The molecule has 0 fully saturated rings. The minimum absolute atomic E-state index is 0.755. The summed E-state index contributed by atoms with van der Waals surface area (Å²) in [6.07, 6.45) is 1.86. The Morgan fingerprint density at radius 1 is 1.00 bits per heavy atom. The molecule has 100 valence electrons. The molecule has 3 aromatic rings. The predicted molar refractivity (Wildman–Crippen MR) is 87.0 cm³/mol. The van der Waals surface area contributed by atoms with E-state index in [2.05, 4.69) is 55.1 Å². The second-order valence-corrected chi connectivity index (χ2v) is 5.75. The summed E-state index contributed by atoms with van der Waals surface area (Å²) >= 11 is 3.46. The SMILES string of the molecule is CN(C)c1ccc(-c2ncc3cc(Br)ccc3n2)cc1. The highest BCUT2D eigenvalue weighted by Crippen LogP contribution is 2.23. The number of anilines is 1. The van der Waals surface area contributed by atoms with E-state index in [1.807, 2.05) is 38.5 Å². The zero-order valence-corrected chi connectivity index (χ0v) is 12.9. The molecule has 1 aromatic heterocycles. The van der Waals surface area contributed by atoms with Gasteiger partial charge in [0.2, 0.25) is 0 Å². The van der Waals surface area contributed by atoms with Crippen molar-refractivity contribution in [2.24, 2.45) is 0 Å². The third-order valence-electron chi connectivity index (χ3n) is 3.18. The molecular weight excluding hydrogens is 314 g/mol. The van der Waals surface area contributed by atoms with Crippen molar-refractivity contribution in [2.75, 3.05) is 19.0 Å². The molecule has 3 rings (SSSR count). The van der Waals surface area contributed by atoms with Crippen molar-refractivity contribution in [1.82, 2.24) is 9.97 Å². The fourth-order valence-electron chi connectivity index (χ4n) is 2.05. The Morgan fingerprint density at radius 3 is 2.45 bits per heavy atom. The lowest BCUT2D eigenvalue weighted by Gasteiger charge is -2.12. The predicted octanol–water partition coefficient (Wildman–Crippen LogP) is 4.13. The van der Waals surface area contributed by atoms with E-state index >= 15 is 0 Å². The van der Waals surface area contributed by atoms with E-state index in [1.54, 1.807) is 0 Å². The normalized spacial score (nSPS) is 10.8. The van der Waals surface area contributed by atoms with E-state index in [0.29, 0.717) is 0 Å². The van der Waals surface area contributed by atoms with Crippen molar-refractivity contribution in [3.8, 4) is 11.4 Å². The van der Waals surface area contributed by atoms with Crippen molar-refractivity contribution in [1.29, 1.82) is 0 Å². The molecule has 0 atom stereocenters. The van der Waals surface area contributed by atoms with E-state index in [0.717, 1.165) is 26.8 Å². The fourth-order valence-corrected chi connectivity index (χ4v) is 2.43. The summed E-state index contributed by atoms with van der Waals surface area (Å²) in [5.74, 6) is 0.755. The molecule has 1 heterocycles. The van der Waals surface area contributed by atoms with Crippen molar-refractivity contribution in [2.45, 2.75) is 0 Å². The molecule has 0 spiro atoms. The van der Waals surface area contributed by atoms with Crippen LogP contribution in [0, 0.1) is 0 Å². The third-order valence-corrected chi connectivity index (χ3v) is 3.68. The second-order valence-electron chi connectivity index (χ2n) is 4.84. The standard InChI is InChI=1S/C16H14BrN3/c1-20(2)14-6-3-11(4-7-14)16-18-10-12-9-13(17)5-8-15(12)19-16/h3-10H,1-2H3. The number of halogens is 1. The van der Waals surface area contributed by atoms with Gasteiger partial charge < -0.3 is 4.90 Å². The Balaban J connectivity index is 2.03. The summed E-state index contributed by atoms with van der Waals surface area (Å²) < 4.78 is 1.04. The van der Waals surface area contributed by atoms with Crippen LogP contribution in [0.3, 0.4) is 0 Å². The minimum Gasteiger partial charge on any atom is -0.378 e. The summed E-state index contributed by atoms with van der Waals surface area (Å²) in [4.78, 5) is 11.1. The van der Waals surface area contributed by atoms with Gasteiger partial charge in [0, 0.05) is 41.4 Å². The number of nitrogens with zero attached hydrogens (tertiary/aromatic N) is 3. The molecule has 2 aromatic carbocycles. The van der Waals surface area contributed by atoms with Crippen LogP contribution < -0.4 is 4.90 Å². The van der Waals surface area contributed by atoms with Gasteiger partial charge in [-0.05, 0) is 42.5 Å². The molecule has 3 nitrogen and oxygen atoms in total. The van der Waals surface area contributed by atoms with Gasteiger partial charge in [-0.15, -0.1) is 0 Å². The Kier molecular flexibility index (Phi) is 3.40. The molecule has 0 saturated carbocycles. The summed E-state index contributed by atoms with van der Waals surface area (Å²) in [5.41, 5.74) is 3.15. The van der Waals surface area contributed by atoms with E-state index < -0.39 is 0 Å². The van der Waals surface area contributed by atoms with E-state index in [-0.39, 0.29) is 0 Å². The number of aromatic nitrogens is 2. The summed E-state index contributed by atoms with van der Waals surface area (Å²) in [6.45, 7) is 0. The number of rotatable bonds is 2. The lowest BCUT2D eigenvalue weighted by Crippen LogP contribution is -2.08. The maximum absolute atomic E-state index is 4.62. The van der Waals surface area contributed by atoms with Crippen LogP contribution in [0.2, 0.25) is 0 Å². The van der Waals surface area contributed by atoms with Crippen molar-refractivity contribution >= 4 is 32.5 Å². The first-order valence-corrected chi connectivity index (χ1v) is 7.13. The zero-order valence-electron chi connectivity index (χ0n) is 11.3. The Labute approximate surface area is 126 Å². The molecule has 0 amide bonds. The first-order chi connectivity index (χ1) is 9.63. The largest absolute Gasteiger partial charge is 0.378 e. The molecule has 0 aliphatic heterocycles. The topological polar surface area (TPSA) is 29.0 Å². The van der Waals surface area contributed by atoms with Gasteiger partial charge in [0.05, 0.1) is 5.52 Å². The molecule has 0 aliphatic rings. The Morgan fingerprint density at radius 2 is 1.75 bits per heavy atom. The average Bonchev–Trinajstić information content (AvgIpc) is 2.47. The Bertz CT molecular complexity index is 751. The number of hydrogen-bond donors (Lipinski definition) is 0. The van der Waals surface area contributed by atoms with Crippen molar-refractivity contribution in [3.05, 3.63) is 53.1 Å². The van der Waals surface area contributed by atoms with Crippen LogP contribution in [0.5, 0.6) is 0 Å². The van der Waals surface area contributed by atoms with Crippen LogP contribution in [-0.4, -0.2) is 24.1 Å². The van der Waals surface area contributed by atoms with Gasteiger partial charge in [-0.3, -0.25) is 0 Å². The van der Waals surface area contributed by atoms with E-state index in [9.17, 15) is 0 Å². The first-order valence-electron chi connectivity index (χ1n) is 6.33. The molecule has 0 aliphatic carbocycles. The monoisotopic (exact) mass is 327 g/mol. The van der Waals surface area contributed by atoms with Crippen LogP contribution in [0.15, 0.2) is 53.1 Å². The lowest BCUT2D eigenvalue weighted by molar-refractivity contribution is 1.13. The maximum atomic E-state index is 4.62. The van der Waals surface area contributed by atoms with Crippen molar-refractivity contribution < 1.29 is 0 Å².